The topological polar surface area (TPSA) is 131 Å². The lowest BCUT2D eigenvalue weighted by Crippen LogP contribution is -2.54. The molecule has 43 heavy (non-hydrogen) atoms. The molecule has 1 aromatic carbocycles. The number of carbonyl (C=O) groups excluding carboxylic acids is 4. The van der Waals surface area contributed by atoms with Crippen LogP contribution in [0.15, 0.2) is 24.3 Å². The summed E-state index contributed by atoms with van der Waals surface area (Å²) in [7, 11) is 0. The summed E-state index contributed by atoms with van der Waals surface area (Å²) in [6.45, 7) is 9.80. The van der Waals surface area contributed by atoms with Gasteiger partial charge in [-0.05, 0) is 64.0 Å². The SMILES string of the molecule is CCCCCCCCN(C(=O)C(CCC(N)=O)NC(=O)OC(C)(C)C)C(C(=O)NC1CCCCC1)c1ccc(CC)cc1. The van der Waals surface area contributed by atoms with Crippen molar-refractivity contribution in [2.24, 2.45) is 5.73 Å². The fourth-order valence-electron chi connectivity index (χ4n) is 5.56. The molecule has 1 fully saturated rings. The first kappa shape index (κ1) is 36.1. The maximum absolute atomic E-state index is 14.4. The van der Waals surface area contributed by atoms with Crippen molar-refractivity contribution in [1.29, 1.82) is 0 Å². The first-order chi connectivity index (χ1) is 20.4. The number of rotatable bonds is 17. The molecule has 4 N–H and O–H groups in total. The van der Waals surface area contributed by atoms with Crippen LogP contribution in [0.25, 0.3) is 0 Å². The van der Waals surface area contributed by atoms with Gasteiger partial charge in [0.05, 0.1) is 0 Å². The number of ether oxygens (including phenoxy) is 1. The van der Waals surface area contributed by atoms with E-state index in [2.05, 4.69) is 24.5 Å². The predicted molar refractivity (Wildman–Crippen MR) is 170 cm³/mol. The highest BCUT2D eigenvalue weighted by molar-refractivity contribution is 5.92. The van der Waals surface area contributed by atoms with E-state index in [1.807, 2.05) is 24.3 Å². The van der Waals surface area contributed by atoms with Gasteiger partial charge in [0.2, 0.25) is 17.7 Å². The second kappa shape index (κ2) is 18.5. The van der Waals surface area contributed by atoms with Crippen molar-refractivity contribution >= 4 is 23.8 Å². The van der Waals surface area contributed by atoms with Gasteiger partial charge in [0.1, 0.15) is 17.7 Å². The standard InChI is InChI=1S/C34H56N4O5/c1-6-8-9-10-11-15-24-38(32(41)28(22-23-29(35)39)37-33(42)43-34(3,4)5)30(26-20-18-25(7-2)19-21-26)31(40)36-27-16-13-12-14-17-27/h18-21,27-28,30H,6-17,22-24H2,1-5H3,(H2,35,39)(H,36,40)(H,37,42). The van der Waals surface area contributed by atoms with Gasteiger partial charge in [0.15, 0.2) is 0 Å². The maximum atomic E-state index is 14.4. The molecular formula is C34H56N4O5. The second-order valence-corrected chi connectivity index (χ2v) is 12.8. The smallest absolute Gasteiger partial charge is 0.408 e. The van der Waals surface area contributed by atoms with E-state index >= 15 is 0 Å². The molecule has 9 nitrogen and oxygen atoms in total. The molecule has 1 aliphatic rings. The molecule has 0 aromatic heterocycles. The summed E-state index contributed by atoms with van der Waals surface area (Å²) in [5.41, 5.74) is 6.52. The van der Waals surface area contributed by atoms with Crippen LogP contribution in [-0.2, 0) is 25.5 Å². The minimum absolute atomic E-state index is 0.00610. The lowest BCUT2D eigenvalue weighted by molar-refractivity contribution is -0.143. The fourth-order valence-corrected chi connectivity index (χ4v) is 5.56. The molecule has 1 aliphatic carbocycles. The van der Waals surface area contributed by atoms with E-state index in [0.717, 1.165) is 81.8 Å². The quantitative estimate of drug-likeness (QED) is 0.186. The number of nitrogens with two attached hydrogens (primary N) is 1. The Morgan fingerprint density at radius 2 is 1.58 bits per heavy atom. The van der Waals surface area contributed by atoms with Crippen LogP contribution in [0.5, 0.6) is 0 Å². The van der Waals surface area contributed by atoms with Crippen molar-refractivity contribution < 1.29 is 23.9 Å². The zero-order chi connectivity index (χ0) is 31.8. The third-order valence-electron chi connectivity index (χ3n) is 7.92. The summed E-state index contributed by atoms with van der Waals surface area (Å²) in [5, 5.41) is 5.92. The van der Waals surface area contributed by atoms with E-state index in [-0.39, 0.29) is 24.8 Å². The number of primary amides is 1. The number of nitrogens with one attached hydrogen (secondary N) is 2. The Morgan fingerprint density at radius 3 is 2.16 bits per heavy atom. The van der Waals surface area contributed by atoms with Crippen LogP contribution in [0.1, 0.15) is 135 Å². The normalized spacial score (nSPS) is 15.3. The van der Waals surface area contributed by atoms with Crippen molar-refractivity contribution in [1.82, 2.24) is 15.5 Å². The number of benzene rings is 1. The Morgan fingerprint density at radius 1 is 0.953 bits per heavy atom. The number of aryl methyl sites for hydroxylation is 1. The van der Waals surface area contributed by atoms with Crippen molar-refractivity contribution in [3.63, 3.8) is 0 Å². The molecule has 0 radical (unpaired) electrons. The van der Waals surface area contributed by atoms with Gasteiger partial charge in [0.25, 0.3) is 0 Å². The second-order valence-electron chi connectivity index (χ2n) is 12.8. The molecular weight excluding hydrogens is 544 g/mol. The highest BCUT2D eigenvalue weighted by Gasteiger charge is 2.37. The van der Waals surface area contributed by atoms with Gasteiger partial charge in [-0.15, -0.1) is 0 Å². The first-order valence-corrected chi connectivity index (χ1v) is 16.4. The molecule has 0 saturated heterocycles. The maximum Gasteiger partial charge on any atom is 0.408 e. The third-order valence-corrected chi connectivity index (χ3v) is 7.92. The Kier molecular flexibility index (Phi) is 15.6. The number of unbranched alkanes of at least 4 members (excludes halogenated alkanes) is 5. The Balaban J connectivity index is 2.46. The van der Waals surface area contributed by atoms with E-state index in [4.69, 9.17) is 10.5 Å². The molecule has 0 spiro atoms. The molecule has 2 rings (SSSR count). The van der Waals surface area contributed by atoms with Gasteiger partial charge in [-0.3, -0.25) is 14.4 Å². The highest BCUT2D eigenvalue weighted by atomic mass is 16.6. The van der Waals surface area contributed by atoms with Gasteiger partial charge in [-0.25, -0.2) is 4.79 Å². The number of hydrogen-bond donors (Lipinski definition) is 3. The molecule has 1 aromatic rings. The first-order valence-electron chi connectivity index (χ1n) is 16.4. The lowest BCUT2D eigenvalue weighted by atomic mass is 9.94. The number of amides is 4. The van der Waals surface area contributed by atoms with Gasteiger partial charge in [0, 0.05) is 19.0 Å². The van der Waals surface area contributed by atoms with E-state index in [1.54, 1.807) is 25.7 Å². The molecule has 2 atom stereocenters. The van der Waals surface area contributed by atoms with Crippen LogP contribution < -0.4 is 16.4 Å². The van der Waals surface area contributed by atoms with Crippen molar-refractivity contribution in [2.75, 3.05) is 6.54 Å². The van der Waals surface area contributed by atoms with E-state index in [0.29, 0.717) is 13.0 Å². The molecule has 0 aliphatic heterocycles. The molecule has 0 heterocycles. The minimum Gasteiger partial charge on any atom is -0.444 e. The van der Waals surface area contributed by atoms with Gasteiger partial charge in [-0.1, -0.05) is 89.5 Å². The van der Waals surface area contributed by atoms with E-state index in [9.17, 15) is 19.2 Å². The summed E-state index contributed by atoms with van der Waals surface area (Å²) in [6.07, 6.45) is 11.2. The van der Waals surface area contributed by atoms with Crippen LogP contribution in [0.4, 0.5) is 4.79 Å². The monoisotopic (exact) mass is 600 g/mol. The number of hydrogen-bond acceptors (Lipinski definition) is 5. The van der Waals surface area contributed by atoms with E-state index < -0.39 is 35.6 Å². The Labute approximate surface area is 259 Å². The summed E-state index contributed by atoms with van der Waals surface area (Å²) in [6, 6.07) is 5.93. The van der Waals surface area contributed by atoms with Gasteiger partial charge >= 0.3 is 6.09 Å². The van der Waals surface area contributed by atoms with Crippen LogP contribution in [-0.4, -0.2) is 52.9 Å². The molecule has 2 unspecified atom stereocenters. The Bertz CT molecular complexity index is 1010. The number of carbonyl (C=O) groups is 4. The van der Waals surface area contributed by atoms with Crippen molar-refractivity contribution in [3.8, 4) is 0 Å². The summed E-state index contributed by atoms with van der Waals surface area (Å²) in [4.78, 5) is 54.6. The largest absolute Gasteiger partial charge is 0.444 e. The summed E-state index contributed by atoms with van der Waals surface area (Å²) < 4.78 is 5.44. The molecule has 0 bridgehead atoms. The number of alkyl carbamates (subject to hydrolysis) is 1. The molecule has 1 saturated carbocycles. The average Bonchev–Trinajstić information content (AvgIpc) is 2.95. The zero-order valence-electron chi connectivity index (χ0n) is 27.2. The fraction of sp³-hybridized carbons (Fsp3) is 0.706. The molecule has 4 amide bonds. The van der Waals surface area contributed by atoms with Crippen molar-refractivity contribution in [3.05, 3.63) is 35.4 Å². The zero-order valence-corrected chi connectivity index (χ0v) is 27.2. The minimum atomic E-state index is -1.08. The highest BCUT2D eigenvalue weighted by Crippen LogP contribution is 2.27. The van der Waals surface area contributed by atoms with Crippen LogP contribution in [0.2, 0.25) is 0 Å². The van der Waals surface area contributed by atoms with Gasteiger partial charge in [-0.2, -0.15) is 0 Å². The predicted octanol–water partition coefficient (Wildman–Crippen LogP) is 6.09. The third kappa shape index (κ3) is 13.4. The van der Waals surface area contributed by atoms with Crippen molar-refractivity contribution in [2.45, 2.75) is 148 Å². The van der Waals surface area contributed by atoms with E-state index in [1.165, 1.54) is 0 Å². The van der Waals surface area contributed by atoms with Crippen LogP contribution >= 0.6 is 0 Å². The van der Waals surface area contributed by atoms with Gasteiger partial charge < -0.3 is 26.0 Å². The summed E-state index contributed by atoms with van der Waals surface area (Å²) >= 11 is 0. The Hall–Kier alpha value is -3.10. The van der Waals surface area contributed by atoms with Crippen LogP contribution in [0.3, 0.4) is 0 Å². The lowest BCUT2D eigenvalue weighted by Gasteiger charge is -2.36. The number of nitrogens with zero attached hydrogens (tertiary/aromatic N) is 1. The average molecular weight is 601 g/mol. The molecule has 242 valence electrons. The summed E-state index contributed by atoms with van der Waals surface area (Å²) in [5.74, 6) is -1.22. The van der Waals surface area contributed by atoms with Crippen LogP contribution in [0, 0.1) is 0 Å². The molecule has 9 heteroatoms.